The Kier molecular flexibility index (Phi) is 6.07. The Morgan fingerprint density at radius 3 is 0.972 bits per heavy atom. The SMILES string of the molecule is O=C(O)c1ccc(-c2ccc(-c3ccc(-c4ccc(-c5ccc(C(=O)O)cc5)cn4)nc3)cc2)cc1. The molecular weight excluding hydrogens is 452 g/mol. The molecule has 0 amide bonds. The normalized spacial score (nSPS) is 10.7. The van der Waals surface area contributed by atoms with Crippen LogP contribution in [0.2, 0.25) is 0 Å². The molecule has 0 radical (unpaired) electrons. The van der Waals surface area contributed by atoms with Crippen LogP contribution >= 0.6 is 0 Å². The molecule has 174 valence electrons. The molecule has 2 N–H and O–H groups in total. The molecule has 6 nitrogen and oxygen atoms in total. The van der Waals surface area contributed by atoms with Crippen molar-refractivity contribution in [1.29, 1.82) is 0 Å². The van der Waals surface area contributed by atoms with E-state index < -0.39 is 11.9 Å². The summed E-state index contributed by atoms with van der Waals surface area (Å²) in [4.78, 5) is 31.2. The number of pyridine rings is 2. The van der Waals surface area contributed by atoms with Crippen molar-refractivity contribution in [2.45, 2.75) is 0 Å². The van der Waals surface area contributed by atoms with E-state index in [1.165, 1.54) is 0 Å². The lowest BCUT2D eigenvalue weighted by Crippen LogP contribution is -1.95. The van der Waals surface area contributed by atoms with Crippen LogP contribution in [0.5, 0.6) is 0 Å². The Hall–Kier alpha value is -5.10. The van der Waals surface area contributed by atoms with E-state index in [1.807, 2.05) is 54.7 Å². The maximum absolute atomic E-state index is 11.0. The molecule has 0 bridgehead atoms. The Balaban J connectivity index is 1.30. The molecule has 6 heteroatoms. The third-order valence-corrected chi connectivity index (χ3v) is 5.94. The molecule has 3 aromatic carbocycles. The van der Waals surface area contributed by atoms with Crippen molar-refractivity contribution >= 4 is 11.9 Å². The minimum atomic E-state index is -0.951. The number of carbonyl (C=O) groups is 2. The van der Waals surface area contributed by atoms with Crippen LogP contribution in [0.25, 0.3) is 44.8 Å². The van der Waals surface area contributed by atoms with Crippen LogP contribution < -0.4 is 0 Å². The van der Waals surface area contributed by atoms with E-state index in [4.69, 9.17) is 10.2 Å². The van der Waals surface area contributed by atoms with Crippen LogP contribution in [0, 0.1) is 0 Å². The van der Waals surface area contributed by atoms with Crippen LogP contribution in [-0.4, -0.2) is 32.1 Å². The summed E-state index contributed by atoms with van der Waals surface area (Å²) in [6.45, 7) is 0. The van der Waals surface area contributed by atoms with Crippen LogP contribution in [0.1, 0.15) is 20.7 Å². The van der Waals surface area contributed by atoms with Gasteiger partial charge in [-0.15, -0.1) is 0 Å². The second-order valence-electron chi connectivity index (χ2n) is 8.21. The predicted octanol–water partition coefficient (Wildman–Crippen LogP) is 6.54. The van der Waals surface area contributed by atoms with Gasteiger partial charge in [-0.2, -0.15) is 0 Å². The number of nitrogens with zero attached hydrogens (tertiary/aromatic N) is 2. The fraction of sp³-hybridized carbons (Fsp3) is 0. The number of carboxylic acids is 2. The molecule has 0 spiro atoms. The van der Waals surface area contributed by atoms with Gasteiger partial charge in [0.15, 0.2) is 0 Å². The van der Waals surface area contributed by atoms with E-state index in [1.54, 1.807) is 54.7 Å². The van der Waals surface area contributed by atoms with Gasteiger partial charge >= 0.3 is 11.9 Å². The van der Waals surface area contributed by atoms with Gasteiger partial charge in [-0.3, -0.25) is 9.97 Å². The first-order chi connectivity index (χ1) is 17.5. The molecule has 0 saturated heterocycles. The molecule has 36 heavy (non-hydrogen) atoms. The number of aromatic carboxylic acids is 2. The second-order valence-corrected chi connectivity index (χ2v) is 8.21. The van der Waals surface area contributed by atoms with Gasteiger partial charge in [-0.05, 0) is 58.7 Å². The van der Waals surface area contributed by atoms with Gasteiger partial charge in [0.2, 0.25) is 0 Å². The van der Waals surface area contributed by atoms with Crippen molar-refractivity contribution in [3.63, 3.8) is 0 Å². The summed E-state index contributed by atoms with van der Waals surface area (Å²) in [5.41, 5.74) is 7.74. The Morgan fingerprint density at radius 1 is 0.417 bits per heavy atom. The van der Waals surface area contributed by atoms with Gasteiger partial charge in [0, 0.05) is 23.5 Å². The minimum Gasteiger partial charge on any atom is -0.478 e. The zero-order valence-electron chi connectivity index (χ0n) is 19.0. The molecule has 5 rings (SSSR count). The first-order valence-corrected chi connectivity index (χ1v) is 11.2. The summed E-state index contributed by atoms with van der Waals surface area (Å²) in [5, 5.41) is 18.1. The summed E-state index contributed by atoms with van der Waals surface area (Å²) >= 11 is 0. The van der Waals surface area contributed by atoms with E-state index in [2.05, 4.69) is 9.97 Å². The average molecular weight is 473 g/mol. The quantitative estimate of drug-likeness (QED) is 0.291. The van der Waals surface area contributed by atoms with Crippen LogP contribution in [0.3, 0.4) is 0 Å². The molecule has 0 unspecified atom stereocenters. The third kappa shape index (κ3) is 4.74. The number of carboxylic acid groups (broad SMARTS) is 2. The van der Waals surface area contributed by atoms with Gasteiger partial charge in [-0.25, -0.2) is 9.59 Å². The monoisotopic (exact) mass is 472 g/mol. The lowest BCUT2D eigenvalue weighted by atomic mass is 10.00. The highest BCUT2D eigenvalue weighted by Gasteiger charge is 2.07. The Bertz CT molecular complexity index is 1400. The molecule has 2 aromatic heterocycles. The number of hydrogen-bond donors (Lipinski definition) is 2. The Morgan fingerprint density at radius 2 is 0.694 bits per heavy atom. The van der Waals surface area contributed by atoms with Crippen molar-refractivity contribution in [2.24, 2.45) is 0 Å². The molecule has 0 aliphatic carbocycles. The number of hydrogen-bond acceptors (Lipinski definition) is 4. The van der Waals surface area contributed by atoms with Gasteiger partial charge in [0.05, 0.1) is 22.5 Å². The third-order valence-electron chi connectivity index (χ3n) is 5.94. The predicted molar refractivity (Wildman–Crippen MR) is 138 cm³/mol. The van der Waals surface area contributed by atoms with Crippen molar-refractivity contribution in [3.05, 3.63) is 121 Å². The smallest absolute Gasteiger partial charge is 0.335 e. The van der Waals surface area contributed by atoms with Crippen molar-refractivity contribution < 1.29 is 19.8 Å². The summed E-state index contributed by atoms with van der Waals surface area (Å²) in [6, 6.07) is 29.3. The highest BCUT2D eigenvalue weighted by atomic mass is 16.4. The molecular formula is C30H20N2O4. The lowest BCUT2D eigenvalue weighted by molar-refractivity contribution is 0.0686. The second kappa shape index (κ2) is 9.64. The summed E-state index contributed by atoms with van der Waals surface area (Å²) in [7, 11) is 0. The maximum Gasteiger partial charge on any atom is 0.335 e. The van der Waals surface area contributed by atoms with E-state index in [9.17, 15) is 9.59 Å². The molecule has 0 saturated carbocycles. The largest absolute Gasteiger partial charge is 0.478 e. The Labute approximate surface area is 207 Å². The van der Waals surface area contributed by atoms with Crippen molar-refractivity contribution in [3.8, 4) is 44.8 Å². The van der Waals surface area contributed by atoms with Gasteiger partial charge in [0.25, 0.3) is 0 Å². The van der Waals surface area contributed by atoms with E-state index in [0.29, 0.717) is 0 Å². The first-order valence-electron chi connectivity index (χ1n) is 11.2. The first kappa shape index (κ1) is 22.7. The van der Waals surface area contributed by atoms with Crippen molar-refractivity contribution in [1.82, 2.24) is 9.97 Å². The minimum absolute atomic E-state index is 0.247. The zero-order valence-corrected chi connectivity index (χ0v) is 19.0. The molecule has 0 aliphatic heterocycles. The van der Waals surface area contributed by atoms with E-state index in [-0.39, 0.29) is 11.1 Å². The number of benzene rings is 3. The molecule has 5 aromatic rings. The molecule has 0 aliphatic rings. The highest BCUT2D eigenvalue weighted by molar-refractivity contribution is 5.89. The topological polar surface area (TPSA) is 100 Å². The molecule has 0 atom stereocenters. The molecule has 0 fully saturated rings. The van der Waals surface area contributed by atoms with Crippen molar-refractivity contribution in [2.75, 3.05) is 0 Å². The summed E-state index contributed by atoms with van der Waals surface area (Å²) in [6.07, 6.45) is 3.56. The standard InChI is InChI=1S/C30H20N2O4/c33-29(34)23-9-5-20(6-10-23)19-1-3-21(4-2-19)25-13-15-27(31-17-25)28-16-14-26(18-32-28)22-7-11-24(12-8-22)30(35)36/h1-18H,(H,33,34)(H,35,36). The molecule has 2 heterocycles. The van der Waals surface area contributed by atoms with E-state index in [0.717, 1.165) is 44.8 Å². The number of rotatable bonds is 6. The van der Waals surface area contributed by atoms with Crippen LogP contribution in [0.15, 0.2) is 109 Å². The maximum atomic E-state index is 11.0. The highest BCUT2D eigenvalue weighted by Crippen LogP contribution is 2.27. The zero-order chi connectivity index (χ0) is 25.1. The van der Waals surface area contributed by atoms with E-state index >= 15 is 0 Å². The number of aromatic nitrogens is 2. The summed E-state index contributed by atoms with van der Waals surface area (Å²) in [5.74, 6) is -1.89. The van der Waals surface area contributed by atoms with Gasteiger partial charge in [-0.1, -0.05) is 60.7 Å². The fourth-order valence-electron chi connectivity index (χ4n) is 3.90. The fourth-order valence-corrected chi connectivity index (χ4v) is 3.90. The lowest BCUT2D eigenvalue weighted by Gasteiger charge is -2.07. The van der Waals surface area contributed by atoms with Crippen LogP contribution in [0.4, 0.5) is 0 Å². The van der Waals surface area contributed by atoms with Gasteiger partial charge < -0.3 is 10.2 Å². The summed E-state index contributed by atoms with van der Waals surface area (Å²) < 4.78 is 0. The van der Waals surface area contributed by atoms with Crippen LogP contribution in [-0.2, 0) is 0 Å². The van der Waals surface area contributed by atoms with Gasteiger partial charge in [0.1, 0.15) is 0 Å². The average Bonchev–Trinajstić information content (AvgIpc) is 2.93.